The SMILES string of the molecule is CCOC(=O)[C@H](C)C[C@@H](Cc1ccc(-c2ccccc2)cc1)NC(=O)C(=O)CN. The molecule has 0 saturated carbocycles. The molecule has 6 nitrogen and oxygen atoms in total. The van der Waals surface area contributed by atoms with Crippen LogP contribution in [0.15, 0.2) is 54.6 Å². The molecule has 0 aliphatic rings. The lowest BCUT2D eigenvalue weighted by molar-refractivity contribution is -0.148. The van der Waals surface area contributed by atoms with E-state index >= 15 is 0 Å². The smallest absolute Gasteiger partial charge is 0.308 e. The van der Waals surface area contributed by atoms with Crippen LogP contribution in [0.4, 0.5) is 0 Å². The summed E-state index contributed by atoms with van der Waals surface area (Å²) >= 11 is 0. The molecule has 0 aliphatic carbocycles. The number of hydrogen-bond donors (Lipinski definition) is 2. The number of ether oxygens (including phenoxy) is 1. The van der Waals surface area contributed by atoms with Crippen molar-refractivity contribution >= 4 is 17.7 Å². The maximum Gasteiger partial charge on any atom is 0.308 e. The third-order valence-electron chi connectivity index (χ3n) is 4.64. The Morgan fingerprint density at radius 2 is 1.62 bits per heavy atom. The number of nitrogens with one attached hydrogen (secondary N) is 1. The summed E-state index contributed by atoms with van der Waals surface area (Å²) in [5.41, 5.74) is 8.48. The third kappa shape index (κ3) is 6.84. The number of Topliss-reactive ketones (excluding diaryl/α,β-unsaturated/α-hetero) is 1. The minimum Gasteiger partial charge on any atom is -0.466 e. The molecular formula is C23H28N2O4. The molecule has 2 aromatic carbocycles. The number of benzene rings is 2. The molecule has 0 radical (unpaired) electrons. The molecule has 0 bridgehead atoms. The fraction of sp³-hybridized carbons (Fsp3) is 0.348. The summed E-state index contributed by atoms with van der Waals surface area (Å²) in [6, 6.07) is 17.6. The van der Waals surface area contributed by atoms with Gasteiger partial charge >= 0.3 is 5.97 Å². The van der Waals surface area contributed by atoms with Crippen molar-refractivity contribution in [1.29, 1.82) is 0 Å². The van der Waals surface area contributed by atoms with Gasteiger partial charge in [-0.05, 0) is 36.5 Å². The van der Waals surface area contributed by atoms with E-state index in [1.54, 1.807) is 13.8 Å². The highest BCUT2D eigenvalue weighted by atomic mass is 16.5. The van der Waals surface area contributed by atoms with Gasteiger partial charge in [-0.15, -0.1) is 0 Å². The first-order valence-corrected chi connectivity index (χ1v) is 9.79. The fourth-order valence-corrected chi connectivity index (χ4v) is 3.11. The number of nitrogens with two attached hydrogens (primary N) is 1. The maximum atomic E-state index is 12.0. The molecule has 2 atom stereocenters. The Hall–Kier alpha value is -2.99. The molecule has 0 spiro atoms. The Morgan fingerprint density at radius 1 is 1.00 bits per heavy atom. The minimum absolute atomic E-state index is 0.298. The summed E-state index contributed by atoms with van der Waals surface area (Å²) in [6.07, 6.45) is 0.852. The zero-order chi connectivity index (χ0) is 21.2. The number of carbonyl (C=O) groups excluding carboxylic acids is 3. The van der Waals surface area contributed by atoms with E-state index in [1.807, 2.05) is 54.6 Å². The lowest BCUT2D eigenvalue weighted by Gasteiger charge is -2.21. The Bertz CT molecular complexity index is 819. The summed E-state index contributed by atoms with van der Waals surface area (Å²) < 4.78 is 5.05. The standard InChI is InChI=1S/C23H28N2O4/c1-3-29-23(28)16(2)13-20(25-22(27)21(26)15-24)14-17-9-11-19(12-10-17)18-7-5-4-6-8-18/h4-12,16,20H,3,13-15,24H2,1-2H3,(H,25,27)/t16-,20+/m1/s1. The summed E-state index contributed by atoms with van der Waals surface area (Å²) in [4.78, 5) is 35.6. The van der Waals surface area contributed by atoms with Crippen LogP contribution in [0.3, 0.4) is 0 Å². The zero-order valence-corrected chi connectivity index (χ0v) is 16.9. The van der Waals surface area contributed by atoms with Gasteiger partial charge in [0.1, 0.15) is 0 Å². The van der Waals surface area contributed by atoms with Gasteiger partial charge < -0.3 is 15.8 Å². The van der Waals surface area contributed by atoms with E-state index in [0.717, 1.165) is 16.7 Å². The van der Waals surface area contributed by atoms with Gasteiger partial charge in [0.05, 0.1) is 19.1 Å². The predicted molar refractivity (Wildman–Crippen MR) is 112 cm³/mol. The van der Waals surface area contributed by atoms with E-state index in [-0.39, 0.29) is 18.6 Å². The van der Waals surface area contributed by atoms with Crippen molar-refractivity contribution in [3.63, 3.8) is 0 Å². The van der Waals surface area contributed by atoms with Crippen LogP contribution < -0.4 is 11.1 Å². The van der Waals surface area contributed by atoms with Gasteiger partial charge in [0.25, 0.3) is 5.91 Å². The Balaban J connectivity index is 2.12. The quantitative estimate of drug-likeness (QED) is 0.475. The van der Waals surface area contributed by atoms with Crippen LogP contribution in [0.2, 0.25) is 0 Å². The van der Waals surface area contributed by atoms with Crippen molar-refractivity contribution in [2.45, 2.75) is 32.7 Å². The van der Waals surface area contributed by atoms with E-state index < -0.39 is 17.6 Å². The van der Waals surface area contributed by atoms with Crippen molar-refractivity contribution in [2.75, 3.05) is 13.2 Å². The number of amides is 1. The molecule has 2 rings (SSSR count). The normalized spacial score (nSPS) is 12.7. The Morgan fingerprint density at radius 3 is 2.21 bits per heavy atom. The first kappa shape index (κ1) is 22.3. The third-order valence-corrected chi connectivity index (χ3v) is 4.64. The monoisotopic (exact) mass is 396 g/mol. The molecule has 6 heteroatoms. The van der Waals surface area contributed by atoms with Crippen LogP contribution in [0.25, 0.3) is 11.1 Å². The van der Waals surface area contributed by atoms with Crippen LogP contribution in [-0.2, 0) is 25.5 Å². The second kappa shape index (κ2) is 11.1. The van der Waals surface area contributed by atoms with Crippen molar-refractivity contribution in [3.05, 3.63) is 60.2 Å². The lowest BCUT2D eigenvalue weighted by atomic mass is 9.94. The molecule has 0 unspecified atom stereocenters. The van der Waals surface area contributed by atoms with Crippen molar-refractivity contribution in [2.24, 2.45) is 11.7 Å². The second-order valence-corrected chi connectivity index (χ2v) is 6.95. The molecule has 3 N–H and O–H groups in total. The van der Waals surface area contributed by atoms with Crippen LogP contribution in [0, 0.1) is 5.92 Å². The zero-order valence-electron chi connectivity index (χ0n) is 16.9. The molecule has 1 amide bonds. The molecule has 29 heavy (non-hydrogen) atoms. The lowest BCUT2D eigenvalue weighted by Crippen LogP contribution is -2.44. The van der Waals surface area contributed by atoms with E-state index in [2.05, 4.69) is 5.32 Å². The molecule has 0 saturated heterocycles. The fourth-order valence-electron chi connectivity index (χ4n) is 3.11. The first-order valence-electron chi connectivity index (χ1n) is 9.79. The molecule has 0 fully saturated rings. The van der Waals surface area contributed by atoms with Gasteiger partial charge in [0.2, 0.25) is 5.78 Å². The molecule has 0 aliphatic heterocycles. The molecule has 2 aromatic rings. The maximum absolute atomic E-state index is 12.0. The van der Waals surface area contributed by atoms with Gasteiger partial charge in [0.15, 0.2) is 0 Å². The molecule has 154 valence electrons. The highest BCUT2D eigenvalue weighted by Gasteiger charge is 2.23. The highest BCUT2D eigenvalue weighted by Crippen LogP contribution is 2.20. The summed E-state index contributed by atoms with van der Waals surface area (Å²) in [7, 11) is 0. The largest absolute Gasteiger partial charge is 0.466 e. The summed E-state index contributed by atoms with van der Waals surface area (Å²) in [6.45, 7) is 3.45. The van der Waals surface area contributed by atoms with Gasteiger partial charge in [-0.3, -0.25) is 14.4 Å². The molecule has 0 aromatic heterocycles. The number of rotatable bonds is 10. The van der Waals surface area contributed by atoms with Crippen LogP contribution >= 0.6 is 0 Å². The van der Waals surface area contributed by atoms with E-state index in [1.165, 1.54) is 0 Å². The van der Waals surface area contributed by atoms with Crippen LogP contribution in [0.1, 0.15) is 25.8 Å². The predicted octanol–water partition coefficient (Wildman–Crippen LogP) is 2.50. The van der Waals surface area contributed by atoms with E-state index in [4.69, 9.17) is 10.5 Å². The molecular weight excluding hydrogens is 368 g/mol. The van der Waals surface area contributed by atoms with Crippen molar-refractivity contribution in [1.82, 2.24) is 5.32 Å². The Labute approximate surface area is 171 Å². The number of esters is 1. The average molecular weight is 396 g/mol. The highest BCUT2D eigenvalue weighted by molar-refractivity contribution is 6.37. The van der Waals surface area contributed by atoms with Crippen LogP contribution in [-0.4, -0.2) is 36.9 Å². The van der Waals surface area contributed by atoms with Gasteiger partial charge in [0, 0.05) is 6.04 Å². The topological polar surface area (TPSA) is 98.5 Å². The molecule has 0 heterocycles. The number of carbonyl (C=O) groups is 3. The summed E-state index contributed by atoms with van der Waals surface area (Å²) in [5.74, 6) is -2.14. The van der Waals surface area contributed by atoms with E-state index in [9.17, 15) is 14.4 Å². The van der Waals surface area contributed by atoms with E-state index in [0.29, 0.717) is 19.4 Å². The number of ketones is 1. The first-order chi connectivity index (χ1) is 13.9. The number of hydrogen-bond acceptors (Lipinski definition) is 5. The van der Waals surface area contributed by atoms with Crippen molar-refractivity contribution < 1.29 is 19.1 Å². The van der Waals surface area contributed by atoms with Gasteiger partial charge in [-0.1, -0.05) is 61.5 Å². The average Bonchev–Trinajstić information content (AvgIpc) is 2.74. The van der Waals surface area contributed by atoms with Crippen molar-refractivity contribution in [3.8, 4) is 11.1 Å². The van der Waals surface area contributed by atoms with Gasteiger partial charge in [-0.2, -0.15) is 0 Å². The second-order valence-electron chi connectivity index (χ2n) is 6.95. The minimum atomic E-state index is -0.727. The Kier molecular flexibility index (Phi) is 8.55. The summed E-state index contributed by atoms with van der Waals surface area (Å²) in [5, 5.41) is 2.71. The van der Waals surface area contributed by atoms with Gasteiger partial charge in [-0.25, -0.2) is 0 Å². The van der Waals surface area contributed by atoms with Crippen LogP contribution in [0.5, 0.6) is 0 Å².